The first-order valence-electron chi connectivity index (χ1n) is 7.89. The molecule has 0 radical (unpaired) electrons. The number of Topliss-reactive ketones (excluding diaryl/α,β-unsaturated/α-hetero) is 1. The molecule has 2 saturated heterocycles. The molecule has 2 fully saturated rings. The number of ketones is 1. The Morgan fingerprint density at radius 1 is 1.27 bits per heavy atom. The zero-order valence-electron chi connectivity index (χ0n) is 13.1. The van der Waals surface area contributed by atoms with Crippen LogP contribution in [0.15, 0.2) is 0 Å². The quantitative estimate of drug-likeness (QED) is 0.512. The molecule has 0 N–H and O–H groups in total. The van der Waals surface area contributed by atoms with E-state index in [9.17, 15) is 14.4 Å². The van der Waals surface area contributed by atoms with Crippen LogP contribution in [0.5, 0.6) is 0 Å². The fraction of sp³-hybridized carbons (Fsp3) is 0.800. The summed E-state index contributed by atoms with van der Waals surface area (Å²) in [5.41, 5.74) is 0. The highest BCUT2D eigenvalue weighted by Gasteiger charge is 2.35. The summed E-state index contributed by atoms with van der Waals surface area (Å²) in [6.07, 6.45) is 0.762. The summed E-state index contributed by atoms with van der Waals surface area (Å²) in [7, 11) is 0. The van der Waals surface area contributed by atoms with Crippen LogP contribution in [0, 0.1) is 5.92 Å². The molecule has 0 spiro atoms. The Labute approximate surface area is 130 Å². The average Bonchev–Trinajstić information content (AvgIpc) is 2.53. The van der Waals surface area contributed by atoms with Crippen LogP contribution in [0.25, 0.3) is 0 Å². The lowest BCUT2D eigenvalue weighted by Gasteiger charge is -2.31. The van der Waals surface area contributed by atoms with Gasteiger partial charge >= 0.3 is 5.97 Å². The predicted octanol–water partition coefficient (Wildman–Crippen LogP) is -0.311. The fourth-order valence-electron chi connectivity index (χ4n) is 2.76. The SMILES string of the molecule is CCOC(=O)C1CCN(C(=O)CCN2CCOCC2)CC1=O. The third kappa shape index (κ3) is 4.51. The van der Waals surface area contributed by atoms with E-state index in [-0.39, 0.29) is 24.8 Å². The molecule has 7 nitrogen and oxygen atoms in total. The lowest BCUT2D eigenvalue weighted by atomic mass is 9.95. The molecule has 2 rings (SSSR count). The molecule has 0 bridgehead atoms. The number of hydrogen-bond donors (Lipinski definition) is 0. The first-order valence-corrected chi connectivity index (χ1v) is 7.89. The Morgan fingerprint density at radius 2 is 2.00 bits per heavy atom. The lowest BCUT2D eigenvalue weighted by molar-refractivity contribution is -0.156. The molecule has 1 atom stereocenters. The molecule has 0 aliphatic carbocycles. The zero-order chi connectivity index (χ0) is 15.9. The van der Waals surface area contributed by atoms with Crippen molar-refractivity contribution in [1.29, 1.82) is 0 Å². The maximum absolute atomic E-state index is 12.2. The number of carbonyl (C=O) groups is 3. The van der Waals surface area contributed by atoms with Gasteiger partial charge in [0.2, 0.25) is 5.91 Å². The normalized spacial score (nSPS) is 23.4. The van der Waals surface area contributed by atoms with Crippen molar-refractivity contribution >= 4 is 17.7 Å². The van der Waals surface area contributed by atoms with Gasteiger partial charge in [0.1, 0.15) is 5.92 Å². The Balaban J connectivity index is 1.75. The molecule has 2 aliphatic heterocycles. The molecule has 0 saturated carbocycles. The van der Waals surface area contributed by atoms with E-state index in [4.69, 9.17) is 9.47 Å². The van der Waals surface area contributed by atoms with Crippen molar-refractivity contribution in [3.8, 4) is 0 Å². The molecule has 7 heteroatoms. The monoisotopic (exact) mass is 312 g/mol. The molecule has 124 valence electrons. The number of hydrogen-bond acceptors (Lipinski definition) is 6. The number of rotatable bonds is 5. The second kappa shape index (κ2) is 8.24. The number of amides is 1. The summed E-state index contributed by atoms with van der Waals surface area (Å²) in [6.45, 7) is 6.23. The molecule has 1 unspecified atom stereocenters. The maximum Gasteiger partial charge on any atom is 0.316 e. The van der Waals surface area contributed by atoms with Gasteiger partial charge in [0.05, 0.1) is 26.4 Å². The number of esters is 1. The van der Waals surface area contributed by atoms with Crippen LogP contribution in [0.4, 0.5) is 0 Å². The summed E-state index contributed by atoms with van der Waals surface area (Å²) in [6, 6.07) is 0. The predicted molar refractivity (Wildman–Crippen MR) is 78.2 cm³/mol. The highest BCUT2D eigenvalue weighted by atomic mass is 16.5. The van der Waals surface area contributed by atoms with Crippen molar-refractivity contribution in [2.75, 3.05) is 52.5 Å². The van der Waals surface area contributed by atoms with E-state index in [2.05, 4.69) is 4.90 Å². The van der Waals surface area contributed by atoms with Gasteiger partial charge in [-0.3, -0.25) is 19.3 Å². The minimum absolute atomic E-state index is 0.0193. The summed E-state index contributed by atoms with van der Waals surface area (Å²) < 4.78 is 10.2. The van der Waals surface area contributed by atoms with Crippen molar-refractivity contribution in [3.05, 3.63) is 0 Å². The molecule has 2 heterocycles. The van der Waals surface area contributed by atoms with Gasteiger partial charge in [-0.15, -0.1) is 0 Å². The third-order valence-electron chi connectivity index (χ3n) is 4.09. The minimum Gasteiger partial charge on any atom is -0.465 e. The van der Waals surface area contributed by atoms with Crippen LogP contribution in [-0.2, 0) is 23.9 Å². The number of nitrogens with zero attached hydrogens (tertiary/aromatic N) is 2. The minimum atomic E-state index is -0.705. The molecule has 0 aromatic rings. The van der Waals surface area contributed by atoms with Crippen LogP contribution >= 0.6 is 0 Å². The van der Waals surface area contributed by atoms with Gasteiger partial charge in [-0.2, -0.15) is 0 Å². The standard InChI is InChI=1S/C15H24N2O5/c1-2-22-15(20)12-3-6-17(11-13(12)18)14(19)4-5-16-7-9-21-10-8-16/h12H,2-11H2,1H3. The Bertz CT molecular complexity index is 420. The molecule has 22 heavy (non-hydrogen) atoms. The molecular formula is C15H24N2O5. The highest BCUT2D eigenvalue weighted by molar-refractivity contribution is 6.01. The lowest BCUT2D eigenvalue weighted by Crippen LogP contribution is -2.47. The van der Waals surface area contributed by atoms with E-state index >= 15 is 0 Å². The highest BCUT2D eigenvalue weighted by Crippen LogP contribution is 2.16. The van der Waals surface area contributed by atoms with Crippen molar-refractivity contribution in [1.82, 2.24) is 9.80 Å². The van der Waals surface area contributed by atoms with Gasteiger partial charge < -0.3 is 14.4 Å². The molecule has 0 aromatic heterocycles. The molecular weight excluding hydrogens is 288 g/mol. The van der Waals surface area contributed by atoms with Gasteiger partial charge in [0.25, 0.3) is 0 Å². The first-order chi connectivity index (χ1) is 10.6. The van der Waals surface area contributed by atoms with E-state index in [1.54, 1.807) is 11.8 Å². The maximum atomic E-state index is 12.2. The van der Waals surface area contributed by atoms with Gasteiger partial charge in [-0.05, 0) is 13.3 Å². The van der Waals surface area contributed by atoms with Gasteiger partial charge in [0, 0.05) is 32.6 Å². The summed E-state index contributed by atoms with van der Waals surface area (Å²) in [5, 5.41) is 0. The average molecular weight is 312 g/mol. The van der Waals surface area contributed by atoms with Crippen LogP contribution in [0.2, 0.25) is 0 Å². The van der Waals surface area contributed by atoms with Gasteiger partial charge in [0.15, 0.2) is 5.78 Å². The smallest absolute Gasteiger partial charge is 0.316 e. The summed E-state index contributed by atoms with van der Waals surface area (Å²) in [5.74, 6) is -1.41. The number of morpholine rings is 1. The zero-order valence-corrected chi connectivity index (χ0v) is 13.1. The van der Waals surface area contributed by atoms with E-state index in [1.807, 2.05) is 0 Å². The van der Waals surface area contributed by atoms with Crippen LogP contribution < -0.4 is 0 Å². The Hall–Kier alpha value is -1.47. The fourth-order valence-corrected chi connectivity index (χ4v) is 2.76. The summed E-state index contributed by atoms with van der Waals surface area (Å²) in [4.78, 5) is 39.6. The second-order valence-corrected chi connectivity index (χ2v) is 5.58. The van der Waals surface area contributed by atoms with E-state index in [0.29, 0.717) is 39.1 Å². The number of ether oxygens (including phenoxy) is 2. The molecule has 1 amide bonds. The van der Waals surface area contributed by atoms with Crippen LogP contribution in [0.1, 0.15) is 19.8 Å². The Morgan fingerprint density at radius 3 is 2.64 bits per heavy atom. The van der Waals surface area contributed by atoms with Crippen LogP contribution in [0.3, 0.4) is 0 Å². The first kappa shape index (κ1) is 16.9. The van der Waals surface area contributed by atoms with Crippen molar-refractivity contribution < 1.29 is 23.9 Å². The van der Waals surface area contributed by atoms with E-state index in [0.717, 1.165) is 13.1 Å². The van der Waals surface area contributed by atoms with Crippen molar-refractivity contribution in [3.63, 3.8) is 0 Å². The van der Waals surface area contributed by atoms with Gasteiger partial charge in [-0.1, -0.05) is 0 Å². The number of carbonyl (C=O) groups excluding carboxylic acids is 3. The van der Waals surface area contributed by atoms with Crippen molar-refractivity contribution in [2.24, 2.45) is 5.92 Å². The number of likely N-dealkylation sites (tertiary alicyclic amines) is 1. The Kier molecular flexibility index (Phi) is 6.33. The largest absolute Gasteiger partial charge is 0.465 e. The number of piperidine rings is 1. The van der Waals surface area contributed by atoms with Crippen molar-refractivity contribution in [2.45, 2.75) is 19.8 Å². The molecule has 2 aliphatic rings. The third-order valence-corrected chi connectivity index (χ3v) is 4.09. The van der Waals surface area contributed by atoms with E-state index < -0.39 is 11.9 Å². The molecule has 0 aromatic carbocycles. The van der Waals surface area contributed by atoms with Gasteiger partial charge in [-0.25, -0.2) is 0 Å². The summed E-state index contributed by atoms with van der Waals surface area (Å²) >= 11 is 0. The second-order valence-electron chi connectivity index (χ2n) is 5.58. The van der Waals surface area contributed by atoms with E-state index in [1.165, 1.54) is 0 Å². The van der Waals surface area contributed by atoms with Crippen LogP contribution in [-0.4, -0.2) is 80.0 Å². The topological polar surface area (TPSA) is 76.2 Å².